The number of hydrogen-bond acceptors (Lipinski definition) is 5. The molecule has 0 saturated heterocycles. The molecule has 0 bridgehead atoms. The van der Waals surface area contributed by atoms with Gasteiger partial charge in [0.1, 0.15) is 12.7 Å². The van der Waals surface area contributed by atoms with E-state index >= 15 is 0 Å². The first-order valence-corrected chi connectivity index (χ1v) is 1.83. The zero-order valence-electron chi connectivity index (χ0n) is 4.57. The molecule has 0 atom stereocenters. The molecule has 10 heavy (non-hydrogen) atoms. The van der Waals surface area contributed by atoms with E-state index in [-0.39, 0.29) is 17.1 Å². The van der Waals surface area contributed by atoms with Crippen LogP contribution in [-0.2, 0) is 17.1 Å². The second-order valence-electron chi connectivity index (χ2n) is 0.875. The van der Waals surface area contributed by atoms with Gasteiger partial charge in [-0.2, -0.15) is 5.10 Å². The normalized spacial score (nSPS) is 6.40. The van der Waals surface area contributed by atoms with Crippen molar-refractivity contribution in [2.75, 3.05) is 0 Å². The second-order valence-corrected chi connectivity index (χ2v) is 0.875. The number of nitrogens with one attached hydrogen (secondary N) is 1. The fraction of sp³-hybridized carbons (Fsp3) is 0. The third-order valence-corrected chi connectivity index (χ3v) is 0.331. The van der Waals surface area contributed by atoms with Crippen molar-refractivity contribution in [1.29, 1.82) is 0 Å². The van der Waals surface area contributed by atoms with Crippen LogP contribution in [0.15, 0.2) is 12.7 Å². The first-order valence-electron chi connectivity index (χ1n) is 1.83. The van der Waals surface area contributed by atoms with Crippen LogP contribution in [0.2, 0.25) is 0 Å². The molecule has 7 nitrogen and oxygen atoms in total. The zero-order chi connectivity index (χ0) is 7.11. The van der Waals surface area contributed by atoms with Gasteiger partial charge in [0.15, 0.2) is 0 Å². The molecule has 0 spiro atoms. The summed E-state index contributed by atoms with van der Waals surface area (Å²) in [5, 5.41) is 20.7. The van der Waals surface area contributed by atoms with Gasteiger partial charge < -0.3 is 15.3 Å². The van der Waals surface area contributed by atoms with Gasteiger partial charge in [0.05, 0.1) is 5.09 Å². The van der Waals surface area contributed by atoms with Gasteiger partial charge in [0.2, 0.25) is 0 Å². The molecule has 1 aromatic rings. The van der Waals surface area contributed by atoms with Crippen LogP contribution in [0, 0.1) is 15.3 Å². The molecule has 0 aliphatic carbocycles. The Hall–Kier alpha value is -1.14. The Morgan fingerprint density at radius 1 is 1.50 bits per heavy atom. The molecule has 1 aromatic heterocycles. The van der Waals surface area contributed by atoms with Gasteiger partial charge in [-0.05, 0) is 0 Å². The van der Waals surface area contributed by atoms with Crippen molar-refractivity contribution < 1.29 is 22.2 Å². The molecule has 0 saturated carbocycles. The van der Waals surface area contributed by atoms with E-state index in [4.69, 9.17) is 15.3 Å². The van der Waals surface area contributed by atoms with Gasteiger partial charge in [0, 0.05) is 17.1 Å². The van der Waals surface area contributed by atoms with E-state index in [9.17, 15) is 0 Å². The van der Waals surface area contributed by atoms with Crippen molar-refractivity contribution in [2.24, 2.45) is 0 Å². The third kappa shape index (κ3) is 15.8. The van der Waals surface area contributed by atoms with Gasteiger partial charge in [-0.25, -0.2) is 4.98 Å². The van der Waals surface area contributed by atoms with Crippen LogP contribution < -0.4 is 0 Å². The van der Waals surface area contributed by atoms with E-state index in [0.717, 1.165) is 0 Å². The first-order chi connectivity index (χ1) is 4.23. The maximum atomic E-state index is 8.25. The van der Waals surface area contributed by atoms with E-state index in [1.807, 2.05) is 0 Å². The van der Waals surface area contributed by atoms with E-state index in [1.54, 1.807) is 0 Å². The molecule has 0 aliphatic heterocycles. The standard InChI is InChI=1S/C2H3N3.Fe.NO3/c1-3-2-5-4-1;;2-1(3)4/h1-2H,(H,3,4,5);;/q;;-1. The first kappa shape index (κ1) is 11.6. The summed E-state index contributed by atoms with van der Waals surface area (Å²) in [7, 11) is 0. The monoisotopic (exact) mass is 187 g/mol. The van der Waals surface area contributed by atoms with Gasteiger partial charge in [-0.3, -0.25) is 5.10 Å². The predicted octanol–water partition coefficient (Wildman–Crippen LogP) is -0.437. The Morgan fingerprint density at radius 2 is 2.00 bits per heavy atom. The minimum absolute atomic E-state index is 0. The Labute approximate surface area is 66.1 Å². The van der Waals surface area contributed by atoms with Gasteiger partial charge >= 0.3 is 0 Å². The third-order valence-electron chi connectivity index (χ3n) is 0.331. The van der Waals surface area contributed by atoms with Gasteiger partial charge in [-0.15, -0.1) is 0 Å². The van der Waals surface area contributed by atoms with Crippen molar-refractivity contribution >= 4 is 0 Å². The van der Waals surface area contributed by atoms with E-state index in [1.165, 1.54) is 12.7 Å². The summed E-state index contributed by atoms with van der Waals surface area (Å²) < 4.78 is 0. The summed E-state index contributed by atoms with van der Waals surface area (Å²) in [6.07, 6.45) is 2.96. The Kier molecular flexibility index (Phi) is 9.14. The quantitative estimate of drug-likeness (QED) is 0.336. The Morgan fingerprint density at radius 3 is 2.10 bits per heavy atom. The molecule has 0 fully saturated rings. The van der Waals surface area contributed by atoms with Crippen molar-refractivity contribution in [3.05, 3.63) is 28.0 Å². The number of rotatable bonds is 0. The summed E-state index contributed by atoms with van der Waals surface area (Å²) in [5.74, 6) is 0. The average molecular weight is 187 g/mol. The van der Waals surface area contributed by atoms with Crippen molar-refractivity contribution in [3.63, 3.8) is 0 Å². The minimum atomic E-state index is -1.75. The molecule has 0 aromatic carbocycles. The number of hydrogen-bond donors (Lipinski definition) is 1. The average Bonchev–Trinajstić information content (AvgIpc) is 2.11. The molecule has 0 amide bonds. The van der Waals surface area contributed by atoms with E-state index in [2.05, 4.69) is 15.2 Å². The molecular formula is C2H3FeN4O3-. The topological polar surface area (TPSA) is 108 Å². The van der Waals surface area contributed by atoms with Crippen molar-refractivity contribution in [2.45, 2.75) is 0 Å². The predicted molar refractivity (Wildman–Crippen MR) is 26.7 cm³/mol. The summed E-state index contributed by atoms with van der Waals surface area (Å²) >= 11 is 0. The maximum absolute atomic E-state index is 8.25. The van der Waals surface area contributed by atoms with Crippen LogP contribution in [0.3, 0.4) is 0 Å². The molecular weight excluding hydrogens is 184 g/mol. The van der Waals surface area contributed by atoms with Crippen LogP contribution in [0.25, 0.3) is 0 Å². The Balaban J connectivity index is 0. The molecule has 1 N–H and O–H groups in total. The van der Waals surface area contributed by atoms with Crippen molar-refractivity contribution in [1.82, 2.24) is 15.2 Å². The second kappa shape index (κ2) is 7.86. The number of aromatic amines is 1. The maximum Gasteiger partial charge on any atom is 0.137 e. The van der Waals surface area contributed by atoms with Crippen LogP contribution in [-0.4, -0.2) is 20.3 Å². The molecule has 0 radical (unpaired) electrons. The van der Waals surface area contributed by atoms with Crippen LogP contribution in [0.4, 0.5) is 0 Å². The summed E-state index contributed by atoms with van der Waals surface area (Å²) in [6, 6.07) is 0. The fourth-order valence-electron chi connectivity index (χ4n) is 0.167. The van der Waals surface area contributed by atoms with Crippen molar-refractivity contribution in [3.8, 4) is 0 Å². The van der Waals surface area contributed by atoms with Crippen LogP contribution >= 0.6 is 0 Å². The van der Waals surface area contributed by atoms with E-state index < -0.39 is 5.09 Å². The van der Waals surface area contributed by atoms with Crippen LogP contribution in [0.5, 0.6) is 0 Å². The minimum Gasteiger partial charge on any atom is -0.356 e. The SMILES string of the molecule is O=[N+]([O-])[O-].[Fe].c1nc[nH]n1. The molecule has 0 aliphatic rings. The Bertz CT molecular complexity index is 132. The summed E-state index contributed by atoms with van der Waals surface area (Å²) in [6.45, 7) is 0. The summed E-state index contributed by atoms with van der Waals surface area (Å²) in [5.41, 5.74) is 0. The summed E-state index contributed by atoms with van der Waals surface area (Å²) in [4.78, 5) is 11.8. The fourth-order valence-corrected chi connectivity index (χ4v) is 0.167. The number of nitrogens with zero attached hydrogens (tertiary/aromatic N) is 3. The van der Waals surface area contributed by atoms with Gasteiger partial charge in [0.25, 0.3) is 0 Å². The number of aromatic nitrogens is 3. The van der Waals surface area contributed by atoms with Gasteiger partial charge in [-0.1, -0.05) is 0 Å². The number of H-pyrrole nitrogens is 1. The zero-order valence-corrected chi connectivity index (χ0v) is 5.68. The molecule has 8 heteroatoms. The van der Waals surface area contributed by atoms with E-state index in [0.29, 0.717) is 0 Å². The molecule has 1 rings (SSSR count). The smallest absolute Gasteiger partial charge is 0.137 e. The molecule has 0 unspecified atom stereocenters. The molecule has 58 valence electrons. The molecule has 1 heterocycles. The van der Waals surface area contributed by atoms with Crippen LogP contribution in [0.1, 0.15) is 0 Å². The largest absolute Gasteiger partial charge is 0.356 e.